The maximum Gasteiger partial charge on any atom is 0.310 e. The Bertz CT molecular complexity index is 564. The molecule has 2 fully saturated rings. The molecule has 2 aliphatic rings. The van der Waals surface area contributed by atoms with Crippen molar-refractivity contribution in [1.29, 1.82) is 0 Å². The number of ether oxygens (including phenoxy) is 1. The Morgan fingerprint density at radius 3 is 2.20 bits per heavy atom. The predicted molar refractivity (Wildman–Crippen MR) is 121 cm³/mol. The molecule has 7 unspecified atom stereocenters. The van der Waals surface area contributed by atoms with Crippen LogP contribution in [0.3, 0.4) is 0 Å². The monoisotopic (exact) mass is 422 g/mol. The van der Waals surface area contributed by atoms with Gasteiger partial charge in [0.15, 0.2) is 0 Å². The van der Waals surface area contributed by atoms with Gasteiger partial charge in [-0.15, -0.1) is 0 Å². The van der Waals surface area contributed by atoms with Crippen molar-refractivity contribution in [2.75, 3.05) is 0 Å². The van der Waals surface area contributed by atoms with Crippen LogP contribution in [0, 0.1) is 40.9 Å². The minimum atomic E-state index is -0.841. The third kappa shape index (κ3) is 7.57. The van der Waals surface area contributed by atoms with Gasteiger partial charge in [0, 0.05) is 0 Å². The van der Waals surface area contributed by atoms with E-state index < -0.39 is 17.8 Å². The van der Waals surface area contributed by atoms with Gasteiger partial charge in [-0.25, -0.2) is 0 Å². The van der Waals surface area contributed by atoms with Crippen molar-refractivity contribution in [3.8, 4) is 0 Å². The van der Waals surface area contributed by atoms with Gasteiger partial charge < -0.3 is 9.84 Å². The topological polar surface area (TPSA) is 63.6 Å². The SMILES string of the molecule is CC1CCC(C(CCC(C)CC(C)(C)C)OC(=O)C2CCCCC2C(=O)O)C(C)C1. The molecule has 1 N–H and O–H groups in total. The Kier molecular flexibility index (Phi) is 9.24. The van der Waals surface area contributed by atoms with Gasteiger partial charge in [0.2, 0.25) is 0 Å². The number of hydrogen-bond donors (Lipinski definition) is 1. The average Bonchev–Trinajstić information content (AvgIpc) is 2.64. The van der Waals surface area contributed by atoms with Crippen molar-refractivity contribution < 1.29 is 19.4 Å². The summed E-state index contributed by atoms with van der Waals surface area (Å²) in [7, 11) is 0. The first-order chi connectivity index (χ1) is 14.0. The molecule has 0 bridgehead atoms. The summed E-state index contributed by atoms with van der Waals surface area (Å²) in [5.41, 5.74) is 0.302. The van der Waals surface area contributed by atoms with Crippen molar-refractivity contribution >= 4 is 11.9 Å². The zero-order chi connectivity index (χ0) is 22.5. The van der Waals surface area contributed by atoms with Gasteiger partial charge in [-0.05, 0) is 74.0 Å². The van der Waals surface area contributed by atoms with Gasteiger partial charge in [0.05, 0.1) is 11.8 Å². The van der Waals surface area contributed by atoms with Crippen LogP contribution in [-0.2, 0) is 14.3 Å². The Labute approximate surface area is 184 Å². The smallest absolute Gasteiger partial charge is 0.310 e. The lowest BCUT2D eigenvalue weighted by molar-refractivity contribution is -0.168. The Morgan fingerprint density at radius 2 is 1.63 bits per heavy atom. The standard InChI is InChI=1S/C26H46O4/c1-17-11-13-20(19(3)15-17)23(14-12-18(2)16-26(4,5)6)30-25(29)22-10-8-7-9-21(22)24(27)28/h17-23H,7-16H2,1-6H3,(H,27,28). The van der Waals surface area contributed by atoms with Crippen LogP contribution < -0.4 is 0 Å². The summed E-state index contributed by atoms with van der Waals surface area (Å²) in [5.74, 6) is 0.143. The van der Waals surface area contributed by atoms with E-state index in [0.717, 1.165) is 44.4 Å². The van der Waals surface area contributed by atoms with Crippen LogP contribution in [0.1, 0.15) is 106 Å². The van der Waals surface area contributed by atoms with E-state index in [1.807, 2.05) is 0 Å². The second kappa shape index (κ2) is 11.0. The number of carboxylic acids is 1. The highest BCUT2D eigenvalue weighted by atomic mass is 16.5. The fourth-order valence-corrected chi connectivity index (χ4v) is 6.14. The van der Waals surface area contributed by atoms with E-state index in [1.165, 1.54) is 12.8 Å². The van der Waals surface area contributed by atoms with Crippen LogP contribution in [0.5, 0.6) is 0 Å². The Morgan fingerprint density at radius 1 is 1.00 bits per heavy atom. The number of rotatable bonds is 8. The van der Waals surface area contributed by atoms with E-state index in [4.69, 9.17) is 4.74 Å². The molecular weight excluding hydrogens is 376 g/mol. The van der Waals surface area contributed by atoms with Gasteiger partial charge in [0.25, 0.3) is 0 Å². The van der Waals surface area contributed by atoms with Crippen LogP contribution in [0.15, 0.2) is 0 Å². The summed E-state index contributed by atoms with van der Waals surface area (Å²) in [5, 5.41) is 9.59. The molecule has 4 nitrogen and oxygen atoms in total. The summed E-state index contributed by atoms with van der Waals surface area (Å²) in [6.07, 6.45) is 9.62. The van der Waals surface area contributed by atoms with E-state index in [9.17, 15) is 14.7 Å². The second-order valence-electron chi connectivity index (χ2n) is 11.8. The van der Waals surface area contributed by atoms with Crippen LogP contribution in [0.25, 0.3) is 0 Å². The van der Waals surface area contributed by atoms with Crippen LogP contribution in [0.2, 0.25) is 0 Å². The minimum absolute atomic E-state index is 0.0706. The zero-order valence-corrected chi connectivity index (χ0v) is 20.3. The molecule has 2 rings (SSSR count). The van der Waals surface area contributed by atoms with Gasteiger partial charge in [0.1, 0.15) is 6.10 Å². The number of carboxylic acid groups (broad SMARTS) is 1. The zero-order valence-electron chi connectivity index (χ0n) is 20.3. The number of esters is 1. The van der Waals surface area contributed by atoms with E-state index in [2.05, 4.69) is 41.5 Å². The third-order valence-corrected chi connectivity index (χ3v) is 7.53. The largest absolute Gasteiger partial charge is 0.481 e. The lowest BCUT2D eigenvalue weighted by Crippen LogP contribution is -2.40. The minimum Gasteiger partial charge on any atom is -0.481 e. The first kappa shape index (κ1) is 25.2. The molecule has 174 valence electrons. The molecule has 0 saturated heterocycles. The first-order valence-corrected chi connectivity index (χ1v) is 12.4. The molecule has 4 heteroatoms. The lowest BCUT2D eigenvalue weighted by Gasteiger charge is -2.39. The summed E-state index contributed by atoms with van der Waals surface area (Å²) < 4.78 is 6.19. The van der Waals surface area contributed by atoms with E-state index >= 15 is 0 Å². The third-order valence-electron chi connectivity index (χ3n) is 7.53. The number of hydrogen-bond acceptors (Lipinski definition) is 3. The number of carbonyl (C=O) groups excluding carboxylic acids is 1. The first-order valence-electron chi connectivity index (χ1n) is 12.4. The van der Waals surface area contributed by atoms with Crippen molar-refractivity contribution in [2.45, 2.75) is 112 Å². The molecule has 0 heterocycles. The quantitative estimate of drug-likeness (QED) is 0.441. The summed E-state index contributed by atoms with van der Waals surface area (Å²) >= 11 is 0. The maximum atomic E-state index is 13.1. The van der Waals surface area contributed by atoms with E-state index in [1.54, 1.807) is 0 Å². The molecule has 0 aromatic rings. The highest BCUT2D eigenvalue weighted by Gasteiger charge is 2.40. The Hall–Kier alpha value is -1.06. The fourth-order valence-electron chi connectivity index (χ4n) is 6.14. The van der Waals surface area contributed by atoms with E-state index in [0.29, 0.717) is 36.0 Å². The maximum absolute atomic E-state index is 13.1. The molecule has 7 atom stereocenters. The molecule has 0 aliphatic heterocycles. The molecule has 0 radical (unpaired) electrons. The lowest BCUT2D eigenvalue weighted by atomic mass is 9.71. The van der Waals surface area contributed by atoms with E-state index in [-0.39, 0.29) is 12.1 Å². The van der Waals surface area contributed by atoms with Gasteiger partial charge in [-0.2, -0.15) is 0 Å². The molecule has 0 aromatic heterocycles. The number of carbonyl (C=O) groups is 2. The normalized spacial score (nSPS) is 32.3. The van der Waals surface area contributed by atoms with Crippen LogP contribution in [0.4, 0.5) is 0 Å². The van der Waals surface area contributed by atoms with Gasteiger partial charge in [-0.3, -0.25) is 9.59 Å². The average molecular weight is 423 g/mol. The summed E-state index contributed by atoms with van der Waals surface area (Å²) in [6.45, 7) is 13.8. The predicted octanol–water partition coefficient (Wildman–Crippen LogP) is 6.71. The second-order valence-corrected chi connectivity index (χ2v) is 11.8. The summed E-state index contributed by atoms with van der Waals surface area (Å²) in [4.78, 5) is 24.8. The molecule has 0 spiro atoms. The molecule has 2 saturated carbocycles. The molecule has 0 amide bonds. The van der Waals surface area contributed by atoms with Crippen LogP contribution in [-0.4, -0.2) is 23.1 Å². The van der Waals surface area contributed by atoms with Crippen molar-refractivity contribution in [1.82, 2.24) is 0 Å². The van der Waals surface area contributed by atoms with Gasteiger partial charge in [-0.1, -0.05) is 60.8 Å². The van der Waals surface area contributed by atoms with Crippen molar-refractivity contribution in [3.63, 3.8) is 0 Å². The fraction of sp³-hybridized carbons (Fsp3) is 0.923. The van der Waals surface area contributed by atoms with Crippen molar-refractivity contribution in [2.24, 2.45) is 40.9 Å². The summed E-state index contributed by atoms with van der Waals surface area (Å²) in [6, 6.07) is 0. The highest BCUT2D eigenvalue weighted by Crippen LogP contribution is 2.40. The van der Waals surface area contributed by atoms with Crippen molar-refractivity contribution in [3.05, 3.63) is 0 Å². The highest BCUT2D eigenvalue weighted by molar-refractivity contribution is 5.81. The van der Waals surface area contributed by atoms with Crippen LogP contribution >= 0.6 is 0 Å². The molecule has 30 heavy (non-hydrogen) atoms. The molecule has 2 aliphatic carbocycles. The number of aliphatic carboxylic acids is 1. The molecular formula is C26H46O4. The van der Waals surface area contributed by atoms with Gasteiger partial charge >= 0.3 is 11.9 Å². The Balaban J connectivity index is 2.08. The molecule has 0 aromatic carbocycles.